The normalized spacial score (nSPS) is 22.8. The van der Waals surface area contributed by atoms with Crippen molar-refractivity contribution in [3.63, 3.8) is 0 Å². The Kier molecular flexibility index (Phi) is 6.58. The number of halogens is 1. The van der Waals surface area contributed by atoms with Crippen LogP contribution in [0.15, 0.2) is 30.3 Å². The molecule has 2 fully saturated rings. The lowest BCUT2D eigenvalue weighted by Gasteiger charge is -2.35. The van der Waals surface area contributed by atoms with Crippen molar-refractivity contribution in [2.75, 3.05) is 13.1 Å². The number of hydrogen-bond donors (Lipinski definition) is 2. The summed E-state index contributed by atoms with van der Waals surface area (Å²) >= 11 is 5.92. The summed E-state index contributed by atoms with van der Waals surface area (Å²) < 4.78 is 0. The van der Waals surface area contributed by atoms with Gasteiger partial charge in [0.05, 0.1) is 5.69 Å². The van der Waals surface area contributed by atoms with E-state index in [2.05, 4.69) is 25.7 Å². The van der Waals surface area contributed by atoms with Crippen LogP contribution in [0.1, 0.15) is 52.9 Å². The van der Waals surface area contributed by atoms with Crippen LogP contribution in [0.25, 0.3) is 0 Å². The van der Waals surface area contributed by atoms with E-state index in [1.165, 1.54) is 0 Å². The summed E-state index contributed by atoms with van der Waals surface area (Å²) in [5, 5.41) is 14.4. The molecule has 1 aromatic carbocycles. The van der Waals surface area contributed by atoms with E-state index >= 15 is 0 Å². The predicted molar refractivity (Wildman–Crippen MR) is 125 cm³/mol. The minimum absolute atomic E-state index is 0.145. The summed E-state index contributed by atoms with van der Waals surface area (Å²) in [6.07, 6.45) is 2.74. The summed E-state index contributed by atoms with van der Waals surface area (Å²) in [7, 11) is 0. The zero-order valence-electron chi connectivity index (χ0n) is 18.8. The van der Waals surface area contributed by atoms with Crippen LogP contribution in [0.5, 0.6) is 0 Å². The Morgan fingerprint density at radius 2 is 1.97 bits per heavy atom. The smallest absolute Gasteiger partial charge is 0.255 e. The summed E-state index contributed by atoms with van der Waals surface area (Å²) in [6.45, 7) is 3.42. The molecule has 34 heavy (non-hydrogen) atoms. The van der Waals surface area contributed by atoms with Crippen molar-refractivity contribution in [3.05, 3.63) is 57.9 Å². The second kappa shape index (κ2) is 9.77. The molecule has 0 bridgehead atoms. The fourth-order valence-corrected chi connectivity index (χ4v) is 5.24. The van der Waals surface area contributed by atoms with Crippen molar-refractivity contribution in [2.24, 2.45) is 0 Å². The zero-order valence-corrected chi connectivity index (χ0v) is 19.6. The first-order valence-electron chi connectivity index (χ1n) is 11.7. The monoisotopic (exact) mass is 482 g/mol. The van der Waals surface area contributed by atoms with E-state index in [9.17, 15) is 14.4 Å². The van der Waals surface area contributed by atoms with Gasteiger partial charge in [-0.25, -0.2) is 0 Å². The first kappa shape index (κ1) is 22.9. The highest BCUT2D eigenvalue weighted by atomic mass is 35.5. The van der Waals surface area contributed by atoms with Gasteiger partial charge < -0.3 is 10.2 Å². The molecule has 2 saturated heterocycles. The second-order valence-corrected chi connectivity index (χ2v) is 9.49. The Balaban J connectivity index is 1.40. The fraction of sp³-hybridized carbons (Fsp3) is 0.458. The number of amides is 3. The third kappa shape index (κ3) is 4.68. The second-order valence-electron chi connectivity index (χ2n) is 9.10. The molecule has 3 aliphatic rings. The van der Waals surface area contributed by atoms with Crippen molar-refractivity contribution in [2.45, 2.75) is 57.4 Å². The van der Waals surface area contributed by atoms with Crippen LogP contribution < -0.4 is 10.6 Å². The van der Waals surface area contributed by atoms with Crippen molar-refractivity contribution < 1.29 is 14.4 Å². The molecule has 0 saturated carbocycles. The van der Waals surface area contributed by atoms with Gasteiger partial charge in [-0.1, -0.05) is 29.8 Å². The molecule has 3 amide bonds. The molecule has 0 aliphatic carbocycles. The van der Waals surface area contributed by atoms with Gasteiger partial charge in [0.1, 0.15) is 6.04 Å². The SMILES string of the molecule is O=C1CCC(N2Cc3cccc(CN(Cc4ccc(Cl)nn4)C4CCCNC4)c3C2=O)C(=O)N1. The molecule has 4 heterocycles. The lowest BCUT2D eigenvalue weighted by molar-refractivity contribution is -0.136. The van der Waals surface area contributed by atoms with Gasteiger partial charge in [0, 0.05) is 44.2 Å². The maximum absolute atomic E-state index is 13.5. The number of carbonyl (C=O) groups excluding carboxylic acids is 3. The number of aromatic nitrogens is 2. The number of fused-ring (bicyclic) bond motifs is 1. The molecule has 1 aromatic heterocycles. The van der Waals surface area contributed by atoms with E-state index in [0.717, 1.165) is 42.8 Å². The molecule has 2 aromatic rings. The molecule has 0 spiro atoms. The van der Waals surface area contributed by atoms with Gasteiger partial charge in [0.2, 0.25) is 11.8 Å². The van der Waals surface area contributed by atoms with Gasteiger partial charge >= 0.3 is 0 Å². The first-order valence-corrected chi connectivity index (χ1v) is 12.1. The topological polar surface area (TPSA) is 108 Å². The van der Waals surface area contributed by atoms with E-state index in [-0.39, 0.29) is 18.2 Å². The zero-order chi connectivity index (χ0) is 23.7. The van der Waals surface area contributed by atoms with Crippen molar-refractivity contribution in [1.29, 1.82) is 0 Å². The number of benzene rings is 1. The van der Waals surface area contributed by atoms with Crippen LogP contribution in [-0.2, 0) is 29.2 Å². The average molecular weight is 483 g/mol. The van der Waals surface area contributed by atoms with Gasteiger partial charge in [0.15, 0.2) is 5.15 Å². The third-order valence-corrected chi connectivity index (χ3v) is 7.05. The van der Waals surface area contributed by atoms with Gasteiger partial charge in [0.25, 0.3) is 5.91 Å². The standard InChI is InChI=1S/C24H27ClN6O3/c25-20-8-6-17(28-29-20)14-30(18-5-2-10-26-11-18)12-15-3-1-4-16-13-31(24(34)22(15)16)19-7-9-21(32)27-23(19)33/h1,3-4,6,8,18-19,26H,2,5,7,9-14H2,(H,27,32,33). The Bertz CT molecular complexity index is 1100. The maximum Gasteiger partial charge on any atom is 0.255 e. The molecule has 178 valence electrons. The molecule has 2 N–H and O–H groups in total. The predicted octanol–water partition coefficient (Wildman–Crippen LogP) is 1.65. The quantitative estimate of drug-likeness (QED) is 0.603. The van der Waals surface area contributed by atoms with Gasteiger partial charge in [-0.05, 0) is 49.1 Å². The molecule has 5 rings (SSSR count). The third-order valence-electron chi connectivity index (χ3n) is 6.85. The van der Waals surface area contributed by atoms with Crippen LogP contribution in [0.3, 0.4) is 0 Å². The molecular formula is C24H27ClN6O3. The minimum Gasteiger partial charge on any atom is -0.322 e. The lowest BCUT2D eigenvalue weighted by Crippen LogP contribution is -2.52. The first-order chi connectivity index (χ1) is 16.5. The van der Waals surface area contributed by atoms with E-state index in [4.69, 9.17) is 11.6 Å². The summed E-state index contributed by atoms with van der Waals surface area (Å²) in [6, 6.07) is 9.20. The van der Waals surface area contributed by atoms with Crippen LogP contribution in [0, 0.1) is 0 Å². The van der Waals surface area contributed by atoms with Crippen LogP contribution in [0.4, 0.5) is 0 Å². The molecule has 9 nitrogen and oxygen atoms in total. The Morgan fingerprint density at radius 1 is 1.09 bits per heavy atom. The Labute approximate surface area is 202 Å². The lowest BCUT2D eigenvalue weighted by atomic mass is 10.00. The highest BCUT2D eigenvalue weighted by Gasteiger charge is 2.40. The van der Waals surface area contributed by atoms with Crippen molar-refractivity contribution in [3.8, 4) is 0 Å². The van der Waals surface area contributed by atoms with Gasteiger partial charge in [-0.3, -0.25) is 24.6 Å². The average Bonchev–Trinajstić information content (AvgIpc) is 3.17. The summed E-state index contributed by atoms with van der Waals surface area (Å²) in [4.78, 5) is 41.4. The van der Waals surface area contributed by atoms with Crippen molar-refractivity contribution in [1.82, 2.24) is 30.6 Å². The molecule has 2 atom stereocenters. The Hall–Kier alpha value is -2.88. The highest BCUT2D eigenvalue weighted by molar-refractivity contribution is 6.29. The fourth-order valence-electron chi connectivity index (χ4n) is 5.14. The van der Waals surface area contributed by atoms with Crippen LogP contribution in [-0.4, -0.2) is 62.9 Å². The number of nitrogens with one attached hydrogen (secondary N) is 2. The van der Waals surface area contributed by atoms with E-state index in [1.807, 2.05) is 24.3 Å². The van der Waals surface area contributed by atoms with Crippen LogP contribution >= 0.6 is 11.6 Å². The van der Waals surface area contributed by atoms with E-state index in [1.54, 1.807) is 11.0 Å². The van der Waals surface area contributed by atoms with Gasteiger partial charge in [-0.2, -0.15) is 5.10 Å². The van der Waals surface area contributed by atoms with Crippen LogP contribution in [0.2, 0.25) is 5.15 Å². The van der Waals surface area contributed by atoms with Crippen molar-refractivity contribution >= 4 is 29.3 Å². The molecular weight excluding hydrogens is 456 g/mol. The van der Waals surface area contributed by atoms with E-state index < -0.39 is 11.9 Å². The highest BCUT2D eigenvalue weighted by Crippen LogP contribution is 2.31. The van der Waals surface area contributed by atoms with E-state index in [0.29, 0.717) is 42.8 Å². The number of hydrogen-bond acceptors (Lipinski definition) is 7. The van der Waals surface area contributed by atoms with Gasteiger partial charge in [-0.15, -0.1) is 5.10 Å². The largest absolute Gasteiger partial charge is 0.322 e. The molecule has 0 radical (unpaired) electrons. The number of carbonyl (C=O) groups is 3. The molecule has 10 heteroatoms. The Morgan fingerprint density at radius 3 is 2.71 bits per heavy atom. The number of imide groups is 1. The molecule has 3 aliphatic heterocycles. The summed E-state index contributed by atoms with van der Waals surface area (Å²) in [5.74, 6) is -0.823. The summed E-state index contributed by atoms with van der Waals surface area (Å²) in [5.41, 5.74) is 3.34. The number of rotatable bonds is 6. The maximum atomic E-state index is 13.5. The minimum atomic E-state index is -0.617. The number of nitrogens with zero attached hydrogens (tertiary/aromatic N) is 4. The molecule has 2 unspecified atom stereocenters. The number of piperidine rings is 2.